The highest BCUT2D eigenvalue weighted by Gasteiger charge is 2.24. The van der Waals surface area contributed by atoms with Crippen LogP contribution in [0.15, 0.2) is 4.52 Å². The average molecular weight is 212 g/mol. The molecule has 1 aliphatic rings. The minimum absolute atomic E-state index is 0.332. The van der Waals surface area contributed by atoms with Crippen LogP contribution in [0.1, 0.15) is 50.8 Å². The van der Waals surface area contributed by atoms with Crippen molar-refractivity contribution < 1.29 is 4.52 Å². The predicted octanol–water partition coefficient (Wildman–Crippen LogP) is 3.42. The number of nitrogens with one attached hydrogen (secondary N) is 1. The van der Waals surface area contributed by atoms with Crippen LogP contribution in [0.5, 0.6) is 0 Å². The van der Waals surface area contributed by atoms with Gasteiger partial charge in [-0.1, -0.05) is 26.2 Å². The maximum atomic E-state index is 4.97. The summed E-state index contributed by atoms with van der Waals surface area (Å²) < 4.78 is 4.97. The first kappa shape index (κ1) is 9.90. The van der Waals surface area contributed by atoms with E-state index in [1.165, 1.54) is 32.1 Å². The molecular weight excluding hydrogens is 196 g/mol. The first-order valence-corrected chi connectivity index (χ1v) is 5.75. The van der Waals surface area contributed by atoms with Crippen LogP contribution in [0.3, 0.4) is 0 Å². The molecule has 0 aliphatic heterocycles. The van der Waals surface area contributed by atoms with E-state index in [0.717, 1.165) is 11.7 Å². The van der Waals surface area contributed by atoms with Crippen molar-refractivity contribution in [2.24, 2.45) is 5.92 Å². The molecule has 1 N–H and O–H groups in total. The first-order valence-electron chi connectivity index (χ1n) is 5.35. The molecule has 1 aliphatic carbocycles. The van der Waals surface area contributed by atoms with Gasteiger partial charge >= 0.3 is 4.84 Å². The summed E-state index contributed by atoms with van der Waals surface area (Å²) in [5, 5.41) is 2.83. The highest BCUT2D eigenvalue weighted by atomic mass is 32.1. The summed E-state index contributed by atoms with van der Waals surface area (Å²) in [6.07, 6.45) is 6.39. The van der Waals surface area contributed by atoms with Crippen molar-refractivity contribution in [1.82, 2.24) is 10.1 Å². The maximum absolute atomic E-state index is 4.97. The van der Waals surface area contributed by atoms with Gasteiger partial charge in [0.2, 0.25) is 0 Å². The van der Waals surface area contributed by atoms with Gasteiger partial charge in [-0.05, 0) is 31.0 Å². The fourth-order valence-corrected chi connectivity index (χ4v) is 2.46. The molecule has 0 spiro atoms. The van der Waals surface area contributed by atoms with E-state index in [4.69, 9.17) is 16.7 Å². The fourth-order valence-electron chi connectivity index (χ4n) is 2.32. The molecule has 1 fully saturated rings. The number of hydrogen-bond donors (Lipinski definition) is 1. The highest BCUT2D eigenvalue weighted by molar-refractivity contribution is 7.71. The van der Waals surface area contributed by atoms with E-state index in [-0.39, 0.29) is 0 Å². The Labute approximate surface area is 88.9 Å². The lowest BCUT2D eigenvalue weighted by Crippen LogP contribution is -2.14. The maximum Gasteiger partial charge on any atom is 0.314 e. The minimum Gasteiger partial charge on any atom is -0.348 e. The Hall–Kier alpha value is -0.640. The second-order valence-corrected chi connectivity index (χ2v) is 4.45. The molecule has 0 radical (unpaired) electrons. The largest absolute Gasteiger partial charge is 0.348 e. The van der Waals surface area contributed by atoms with Crippen molar-refractivity contribution in [3.05, 3.63) is 10.7 Å². The molecule has 2 atom stereocenters. The van der Waals surface area contributed by atoms with Gasteiger partial charge in [0.15, 0.2) is 0 Å². The lowest BCUT2D eigenvalue weighted by molar-refractivity contribution is 0.299. The number of nitrogens with zero attached hydrogens (tertiary/aromatic N) is 1. The van der Waals surface area contributed by atoms with Crippen LogP contribution in [0.2, 0.25) is 0 Å². The molecule has 3 nitrogen and oxygen atoms in total. The van der Waals surface area contributed by atoms with Gasteiger partial charge in [-0.25, -0.2) is 5.16 Å². The normalized spacial score (nSPS) is 27.8. The molecule has 0 aromatic carbocycles. The molecule has 1 heterocycles. The molecule has 2 rings (SSSR count). The third-order valence-corrected chi connectivity index (χ3v) is 3.38. The zero-order valence-corrected chi connectivity index (χ0v) is 9.27. The molecule has 0 amide bonds. The van der Waals surface area contributed by atoms with Gasteiger partial charge in [0.1, 0.15) is 5.82 Å². The van der Waals surface area contributed by atoms with Crippen molar-refractivity contribution in [1.29, 1.82) is 0 Å². The summed E-state index contributed by atoms with van der Waals surface area (Å²) >= 11 is 4.85. The van der Waals surface area contributed by atoms with Gasteiger partial charge in [-0.2, -0.15) is 4.98 Å². The van der Waals surface area contributed by atoms with Crippen molar-refractivity contribution in [3.63, 3.8) is 0 Å². The van der Waals surface area contributed by atoms with E-state index in [1.807, 2.05) is 0 Å². The number of H-pyrrole nitrogens is 1. The molecule has 0 saturated heterocycles. The Balaban J connectivity index is 2.07. The van der Waals surface area contributed by atoms with Crippen molar-refractivity contribution in [2.45, 2.75) is 44.9 Å². The summed E-state index contributed by atoms with van der Waals surface area (Å²) in [5.74, 6) is 2.34. The quantitative estimate of drug-likeness (QED) is 0.764. The fraction of sp³-hybridized carbons (Fsp3) is 0.800. The molecule has 2 unspecified atom stereocenters. The Morgan fingerprint density at radius 1 is 1.57 bits per heavy atom. The van der Waals surface area contributed by atoms with Crippen LogP contribution < -0.4 is 0 Å². The van der Waals surface area contributed by atoms with Crippen LogP contribution in [-0.2, 0) is 0 Å². The monoisotopic (exact) mass is 212 g/mol. The second-order valence-electron chi connectivity index (χ2n) is 4.10. The van der Waals surface area contributed by atoms with Gasteiger partial charge in [-0.3, -0.25) is 0 Å². The van der Waals surface area contributed by atoms with Crippen LogP contribution in [0.25, 0.3) is 0 Å². The lowest BCUT2D eigenvalue weighted by Gasteiger charge is -2.26. The van der Waals surface area contributed by atoms with Gasteiger partial charge < -0.3 is 4.52 Å². The molecule has 1 saturated carbocycles. The van der Waals surface area contributed by atoms with E-state index >= 15 is 0 Å². The standard InChI is InChI=1S/C10H16N2OS/c1-2-7-4-3-5-8(6-7)9-11-10(14)13-12-9/h7-8H,2-6H2,1H3,(H,11,12,14). The minimum atomic E-state index is 0.332. The molecule has 4 heteroatoms. The van der Waals surface area contributed by atoms with Gasteiger partial charge in [0.25, 0.3) is 0 Å². The van der Waals surface area contributed by atoms with Crippen LogP contribution >= 0.6 is 12.2 Å². The van der Waals surface area contributed by atoms with Crippen molar-refractivity contribution in [2.75, 3.05) is 0 Å². The Kier molecular flexibility index (Phi) is 3.01. The highest BCUT2D eigenvalue weighted by Crippen LogP contribution is 2.35. The van der Waals surface area contributed by atoms with Gasteiger partial charge in [0.05, 0.1) is 0 Å². The zero-order valence-electron chi connectivity index (χ0n) is 8.45. The van der Waals surface area contributed by atoms with Crippen molar-refractivity contribution >= 4 is 12.2 Å². The first-order chi connectivity index (χ1) is 6.79. The number of rotatable bonds is 2. The molecule has 0 bridgehead atoms. The Bertz CT molecular complexity index is 344. The van der Waals surface area contributed by atoms with Crippen LogP contribution in [0.4, 0.5) is 0 Å². The predicted molar refractivity (Wildman–Crippen MR) is 56.7 cm³/mol. The molecular formula is C10H16N2OS. The zero-order chi connectivity index (χ0) is 9.97. The third-order valence-electron chi connectivity index (χ3n) is 3.20. The van der Waals surface area contributed by atoms with Crippen LogP contribution in [-0.4, -0.2) is 10.1 Å². The molecule has 1 aromatic heterocycles. The smallest absolute Gasteiger partial charge is 0.314 e. The van der Waals surface area contributed by atoms with E-state index in [1.54, 1.807) is 0 Å². The van der Waals surface area contributed by atoms with Crippen LogP contribution in [0, 0.1) is 10.8 Å². The van der Waals surface area contributed by atoms with Gasteiger partial charge in [0, 0.05) is 5.92 Å². The number of hydrogen-bond acceptors (Lipinski definition) is 3. The second kappa shape index (κ2) is 4.26. The van der Waals surface area contributed by atoms with E-state index in [0.29, 0.717) is 10.8 Å². The summed E-state index contributed by atoms with van der Waals surface area (Å²) in [6, 6.07) is 0. The lowest BCUT2D eigenvalue weighted by atomic mass is 9.80. The van der Waals surface area contributed by atoms with Gasteiger partial charge in [-0.15, -0.1) is 0 Å². The summed E-state index contributed by atoms with van der Waals surface area (Å²) in [6.45, 7) is 2.26. The molecule has 78 valence electrons. The molecule has 14 heavy (non-hydrogen) atoms. The van der Waals surface area contributed by atoms with E-state index < -0.39 is 0 Å². The topological polar surface area (TPSA) is 41.8 Å². The number of aromatic nitrogens is 2. The summed E-state index contributed by atoms with van der Waals surface area (Å²) in [4.78, 5) is 4.53. The Morgan fingerprint density at radius 3 is 3.07 bits per heavy atom. The van der Waals surface area contributed by atoms with Crippen molar-refractivity contribution in [3.8, 4) is 0 Å². The summed E-state index contributed by atoms with van der Waals surface area (Å²) in [7, 11) is 0. The van der Waals surface area contributed by atoms with E-state index in [2.05, 4.69) is 17.1 Å². The van der Waals surface area contributed by atoms with E-state index in [9.17, 15) is 0 Å². The third kappa shape index (κ3) is 2.05. The Morgan fingerprint density at radius 2 is 2.43 bits per heavy atom. The molecule has 1 aromatic rings. The SMILES string of the molecule is CCC1CCCC(c2nc(=S)o[nH]2)C1. The summed E-state index contributed by atoms with van der Waals surface area (Å²) in [5.41, 5.74) is 0. The average Bonchev–Trinajstić information content (AvgIpc) is 2.65. The number of aromatic amines is 1.